The number of fused-ring (bicyclic) bond motifs is 4. The third-order valence-electron chi connectivity index (χ3n) is 6.24. The second-order valence-electron chi connectivity index (χ2n) is 8.16. The maximum absolute atomic E-state index is 9.16. The topological polar surface area (TPSA) is 23.8 Å². The van der Waals surface area contributed by atoms with Gasteiger partial charge in [0.2, 0.25) is 0 Å². The number of nitrogens with zero attached hydrogens (tertiary/aromatic N) is 1. The molecule has 32 heavy (non-hydrogen) atoms. The van der Waals surface area contributed by atoms with Crippen LogP contribution in [0.3, 0.4) is 0 Å². The summed E-state index contributed by atoms with van der Waals surface area (Å²) in [5, 5.41) is 16.5. The summed E-state index contributed by atoms with van der Waals surface area (Å²) in [6.07, 6.45) is 0. The Labute approximate surface area is 186 Å². The Morgan fingerprint density at radius 2 is 1.12 bits per heavy atom. The van der Waals surface area contributed by atoms with Crippen LogP contribution >= 0.6 is 0 Å². The second-order valence-corrected chi connectivity index (χ2v) is 8.16. The molecule has 0 fully saturated rings. The molecule has 0 aliphatic carbocycles. The number of rotatable bonds is 2. The zero-order chi connectivity index (χ0) is 21.5. The number of hydrogen-bond acceptors (Lipinski definition) is 1. The minimum atomic E-state index is 0.690. The molecule has 6 aromatic carbocycles. The van der Waals surface area contributed by atoms with E-state index >= 15 is 0 Å². The highest BCUT2D eigenvalue weighted by atomic mass is 14.2. The molecule has 0 radical (unpaired) electrons. The molecular weight excluding hydrogens is 386 g/mol. The fourth-order valence-electron chi connectivity index (χ4n) is 4.65. The van der Waals surface area contributed by atoms with Gasteiger partial charge in [-0.05, 0) is 84.9 Å². The lowest BCUT2D eigenvalue weighted by atomic mass is 9.91. The number of benzene rings is 6. The van der Waals surface area contributed by atoms with Crippen molar-refractivity contribution in [3.05, 3.63) is 121 Å². The Morgan fingerprint density at radius 1 is 0.438 bits per heavy atom. The molecule has 0 unspecified atom stereocenters. The van der Waals surface area contributed by atoms with Crippen molar-refractivity contribution in [2.75, 3.05) is 0 Å². The lowest BCUT2D eigenvalue weighted by Crippen LogP contribution is -1.86. The van der Waals surface area contributed by atoms with E-state index in [-0.39, 0.29) is 0 Å². The standard InChI is InChI=1S/C31H19N/c32-20-21-12-13-24-17-25(15-14-23(24)16-21)22-7-5-8-26(18-22)31-19-27-6-1-2-9-28(27)29-10-3-4-11-30(29)31/h1-19H. The monoisotopic (exact) mass is 405 g/mol. The van der Waals surface area contributed by atoms with Crippen molar-refractivity contribution in [3.8, 4) is 28.3 Å². The van der Waals surface area contributed by atoms with Gasteiger partial charge >= 0.3 is 0 Å². The van der Waals surface area contributed by atoms with E-state index in [9.17, 15) is 0 Å². The molecule has 0 amide bonds. The van der Waals surface area contributed by atoms with Crippen LogP contribution < -0.4 is 0 Å². The second kappa shape index (κ2) is 7.38. The first-order chi connectivity index (χ1) is 15.8. The molecule has 6 aromatic rings. The lowest BCUT2D eigenvalue weighted by Gasteiger charge is -2.12. The van der Waals surface area contributed by atoms with Crippen LogP contribution in [0.25, 0.3) is 54.6 Å². The zero-order valence-corrected chi connectivity index (χ0v) is 17.4. The summed E-state index contributed by atoms with van der Waals surface area (Å²) in [7, 11) is 0. The van der Waals surface area contributed by atoms with Crippen molar-refractivity contribution < 1.29 is 0 Å². The van der Waals surface area contributed by atoms with Crippen LogP contribution in [0.2, 0.25) is 0 Å². The maximum Gasteiger partial charge on any atom is 0.0991 e. The molecule has 0 aromatic heterocycles. The Kier molecular flexibility index (Phi) is 4.23. The van der Waals surface area contributed by atoms with E-state index in [4.69, 9.17) is 5.26 Å². The van der Waals surface area contributed by atoms with Crippen LogP contribution in [0, 0.1) is 11.3 Å². The highest BCUT2D eigenvalue weighted by molar-refractivity contribution is 6.13. The van der Waals surface area contributed by atoms with Crippen LogP contribution in [-0.2, 0) is 0 Å². The summed E-state index contributed by atoms with van der Waals surface area (Å²) in [5.74, 6) is 0. The van der Waals surface area contributed by atoms with E-state index in [1.54, 1.807) is 0 Å². The van der Waals surface area contributed by atoms with Crippen molar-refractivity contribution in [2.24, 2.45) is 0 Å². The van der Waals surface area contributed by atoms with Crippen LogP contribution in [0.4, 0.5) is 0 Å². The Balaban J connectivity index is 1.53. The smallest absolute Gasteiger partial charge is 0.0991 e. The number of nitriles is 1. The molecule has 0 N–H and O–H groups in total. The summed E-state index contributed by atoms with van der Waals surface area (Å²) in [6.45, 7) is 0. The molecule has 0 spiro atoms. The van der Waals surface area contributed by atoms with E-state index in [0.29, 0.717) is 5.56 Å². The summed E-state index contributed by atoms with van der Waals surface area (Å²) in [6, 6.07) is 42.8. The molecule has 0 atom stereocenters. The quantitative estimate of drug-likeness (QED) is 0.266. The highest BCUT2D eigenvalue weighted by Gasteiger charge is 2.09. The molecule has 0 aliphatic heterocycles. The van der Waals surface area contributed by atoms with Gasteiger partial charge in [-0.25, -0.2) is 0 Å². The van der Waals surface area contributed by atoms with Crippen molar-refractivity contribution >= 4 is 32.3 Å². The van der Waals surface area contributed by atoms with E-state index in [0.717, 1.165) is 10.8 Å². The minimum Gasteiger partial charge on any atom is -0.192 e. The average Bonchev–Trinajstić information content (AvgIpc) is 2.87. The van der Waals surface area contributed by atoms with Gasteiger partial charge in [0.1, 0.15) is 0 Å². The van der Waals surface area contributed by atoms with Gasteiger partial charge in [0.05, 0.1) is 11.6 Å². The molecular formula is C31H19N. The molecule has 0 saturated heterocycles. The molecule has 6 rings (SSSR count). The van der Waals surface area contributed by atoms with Crippen molar-refractivity contribution in [1.82, 2.24) is 0 Å². The molecule has 0 aliphatic rings. The minimum absolute atomic E-state index is 0.690. The van der Waals surface area contributed by atoms with Crippen LogP contribution in [0.1, 0.15) is 5.56 Å². The molecule has 0 heterocycles. The zero-order valence-electron chi connectivity index (χ0n) is 17.4. The summed E-state index contributed by atoms with van der Waals surface area (Å²) in [5.41, 5.74) is 5.51. The van der Waals surface area contributed by atoms with Crippen LogP contribution in [-0.4, -0.2) is 0 Å². The summed E-state index contributed by atoms with van der Waals surface area (Å²) >= 11 is 0. The predicted molar refractivity (Wildman–Crippen MR) is 135 cm³/mol. The third-order valence-corrected chi connectivity index (χ3v) is 6.24. The van der Waals surface area contributed by atoms with Crippen molar-refractivity contribution in [2.45, 2.75) is 0 Å². The van der Waals surface area contributed by atoms with E-state index in [1.165, 1.54) is 43.8 Å². The lowest BCUT2D eigenvalue weighted by molar-refractivity contribution is 1.50. The van der Waals surface area contributed by atoms with Crippen molar-refractivity contribution in [1.29, 1.82) is 5.26 Å². The van der Waals surface area contributed by atoms with Gasteiger partial charge in [0.15, 0.2) is 0 Å². The fraction of sp³-hybridized carbons (Fsp3) is 0. The van der Waals surface area contributed by atoms with E-state index in [1.807, 2.05) is 18.2 Å². The Bertz CT molecular complexity index is 1680. The van der Waals surface area contributed by atoms with E-state index in [2.05, 4.69) is 103 Å². The number of hydrogen-bond donors (Lipinski definition) is 0. The van der Waals surface area contributed by atoms with Gasteiger partial charge < -0.3 is 0 Å². The maximum atomic E-state index is 9.16. The van der Waals surface area contributed by atoms with Gasteiger partial charge in [-0.3, -0.25) is 0 Å². The molecule has 1 heteroatoms. The Morgan fingerprint density at radius 3 is 2.00 bits per heavy atom. The van der Waals surface area contributed by atoms with Gasteiger partial charge in [-0.2, -0.15) is 5.26 Å². The average molecular weight is 406 g/mol. The first-order valence-corrected chi connectivity index (χ1v) is 10.8. The highest BCUT2D eigenvalue weighted by Crippen LogP contribution is 2.36. The Hall–Kier alpha value is -4.41. The predicted octanol–water partition coefficient (Wildman–Crippen LogP) is 8.35. The van der Waals surface area contributed by atoms with Gasteiger partial charge in [-0.15, -0.1) is 0 Å². The molecule has 1 nitrogen and oxygen atoms in total. The summed E-state index contributed by atoms with van der Waals surface area (Å²) in [4.78, 5) is 0. The van der Waals surface area contributed by atoms with E-state index < -0.39 is 0 Å². The fourth-order valence-corrected chi connectivity index (χ4v) is 4.65. The first kappa shape index (κ1) is 18.4. The van der Waals surface area contributed by atoms with Crippen molar-refractivity contribution in [3.63, 3.8) is 0 Å². The molecule has 0 saturated carbocycles. The normalized spacial score (nSPS) is 11.1. The van der Waals surface area contributed by atoms with Crippen LogP contribution in [0.15, 0.2) is 115 Å². The SMILES string of the molecule is N#Cc1ccc2cc(-c3cccc(-c4cc5ccccc5c5ccccc45)c3)ccc2c1. The first-order valence-electron chi connectivity index (χ1n) is 10.8. The molecule has 148 valence electrons. The summed E-state index contributed by atoms with van der Waals surface area (Å²) < 4.78 is 0. The third kappa shape index (κ3) is 3.02. The van der Waals surface area contributed by atoms with Gasteiger partial charge in [-0.1, -0.05) is 84.9 Å². The molecule has 0 bridgehead atoms. The van der Waals surface area contributed by atoms with Gasteiger partial charge in [0.25, 0.3) is 0 Å². The van der Waals surface area contributed by atoms with Gasteiger partial charge in [0, 0.05) is 0 Å². The largest absolute Gasteiger partial charge is 0.192 e. The van der Waals surface area contributed by atoms with Crippen LogP contribution in [0.5, 0.6) is 0 Å².